The molecule has 0 spiro atoms. The Kier molecular flexibility index (Phi) is 2.58. The van der Waals surface area contributed by atoms with E-state index in [1.54, 1.807) is 6.07 Å². The molecule has 0 unspecified atom stereocenters. The van der Waals surface area contributed by atoms with E-state index < -0.39 is 11.2 Å². The van der Waals surface area contributed by atoms with Gasteiger partial charge in [-0.3, -0.25) is 0 Å². The Morgan fingerprint density at radius 1 is 1.50 bits per heavy atom. The number of hydrogen-bond donors (Lipinski definition) is 1. The van der Waals surface area contributed by atoms with Crippen LogP contribution in [0, 0.1) is 5.82 Å². The van der Waals surface area contributed by atoms with E-state index in [-0.39, 0.29) is 11.6 Å². The molecule has 1 aliphatic carbocycles. The molecule has 1 nitrogen and oxygen atoms in total. The minimum absolute atomic E-state index is 0.0249. The van der Waals surface area contributed by atoms with E-state index in [2.05, 4.69) is 15.9 Å². The average Bonchev–Trinajstić information content (AvgIpc) is 2.93. The van der Waals surface area contributed by atoms with Gasteiger partial charge in [0.2, 0.25) is 0 Å². The minimum Gasteiger partial charge on any atom is -0.395 e. The fourth-order valence-corrected chi connectivity index (χ4v) is 2.54. The smallest absolute Gasteiger partial charge is 0.146 e. The van der Waals surface area contributed by atoms with Gasteiger partial charge in [0.05, 0.1) is 11.6 Å². The summed E-state index contributed by atoms with van der Waals surface area (Å²) in [5.41, 5.74) is 0.126. The van der Waals surface area contributed by atoms with Gasteiger partial charge in [-0.2, -0.15) is 0 Å². The quantitative estimate of drug-likeness (QED) is 0.824. The van der Waals surface area contributed by atoms with E-state index in [4.69, 9.17) is 11.6 Å². The predicted molar refractivity (Wildman–Crippen MR) is 57.1 cm³/mol. The SMILES string of the molecule is OCC1(c2c(Br)ccc(Cl)c2F)CC1. The van der Waals surface area contributed by atoms with Crippen LogP contribution in [0.5, 0.6) is 0 Å². The monoisotopic (exact) mass is 278 g/mol. The van der Waals surface area contributed by atoms with Crippen molar-refractivity contribution in [3.05, 3.63) is 33.0 Å². The molecule has 14 heavy (non-hydrogen) atoms. The van der Waals surface area contributed by atoms with Crippen LogP contribution in [0.4, 0.5) is 4.39 Å². The molecule has 2 rings (SSSR count). The van der Waals surface area contributed by atoms with Gasteiger partial charge in [0, 0.05) is 15.5 Å². The Balaban J connectivity index is 2.57. The second-order valence-electron chi connectivity index (χ2n) is 3.66. The molecule has 4 heteroatoms. The molecule has 76 valence electrons. The zero-order valence-corrected chi connectivity index (χ0v) is 9.70. The molecule has 1 aliphatic rings. The maximum Gasteiger partial charge on any atom is 0.146 e. The van der Waals surface area contributed by atoms with Crippen molar-refractivity contribution < 1.29 is 9.50 Å². The Labute approximate surface area is 95.0 Å². The first-order valence-corrected chi connectivity index (χ1v) is 5.53. The van der Waals surface area contributed by atoms with E-state index in [0.717, 1.165) is 12.8 Å². The maximum absolute atomic E-state index is 13.7. The number of benzene rings is 1. The maximum atomic E-state index is 13.7. The standard InChI is InChI=1S/C10H9BrClFO/c11-6-1-2-7(12)9(13)8(6)10(5-14)3-4-10/h1-2,14H,3-5H2. The highest BCUT2D eigenvalue weighted by Gasteiger charge is 2.47. The second-order valence-corrected chi connectivity index (χ2v) is 4.92. The molecule has 0 bridgehead atoms. The zero-order valence-electron chi connectivity index (χ0n) is 7.36. The Morgan fingerprint density at radius 3 is 2.64 bits per heavy atom. The third-order valence-electron chi connectivity index (χ3n) is 2.73. The summed E-state index contributed by atoms with van der Waals surface area (Å²) < 4.78 is 14.4. The first kappa shape index (κ1) is 10.4. The summed E-state index contributed by atoms with van der Waals surface area (Å²) in [6, 6.07) is 3.23. The van der Waals surface area contributed by atoms with Gasteiger partial charge in [-0.25, -0.2) is 4.39 Å². The van der Waals surface area contributed by atoms with Gasteiger partial charge in [0.25, 0.3) is 0 Å². The van der Waals surface area contributed by atoms with E-state index in [0.29, 0.717) is 10.0 Å². The van der Waals surface area contributed by atoms with Crippen LogP contribution in [0.25, 0.3) is 0 Å². The fraction of sp³-hybridized carbons (Fsp3) is 0.400. The molecule has 0 aliphatic heterocycles. The van der Waals surface area contributed by atoms with Crippen LogP contribution in [0.1, 0.15) is 18.4 Å². The van der Waals surface area contributed by atoms with E-state index >= 15 is 0 Å². The van der Waals surface area contributed by atoms with Gasteiger partial charge in [-0.15, -0.1) is 0 Å². The summed E-state index contributed by atoms with van der Waals surface area (Å²) in [6.45, 7) is -0.0249. The summed E-state index contributed by atoms with van der Waals surface area (Å²) in [6.07, 6.45) is 1.64. The van der Waals surface area contributed by atoms with Gasteiger partial charge < -0.3 is 5.11 Å². The van der Waals surface area contributed by atoms with Gasteiger partial charge in [0.15, 0.2) is 0 Å². The lowest BCUT2D eigenvalue weighted by atomic mass is 9.96. The molecule has 0 saturated heterocycles. The summed E-state index contributed by atoms with van der Waals surface area (Å²) in [4.78, 5) is 0. The van der Waals surface area contributed by atoms with Crippen molar-refractivity contribution in [3.8, 4) is 0 Å². The van der Waals surface area contributed by atoms with Gasteiger partial charge in [-0.1, -0.05) is 27.5 Å². The molecule has 0 aromatic heterocycles. The molecule has 1 aromatic rings. The predicted octanol–water partition coefficient (Wildman–Crippen LogP) is 3.27. The lowest BCUT2D eigenvalue weighted by Gasteiger charge is -2.15. The molecule has 0 radical (unpaired) electrons. The Bertz CT molecular complexity index is 377. The average molecular weight is 280 g/mol. The summed E-state index contributed by atoms with van der Waals surface area (Å²) >= 11 is 8.99. The topological polar surface area (TPSA) is 20.2 Å². The fourth-order valence-electron chi connectivity index (χ4n) is 1.65. The van der Waals surface area contributed by atoms with Crippen LogP contribution in [-0.2, 0) is 5.41 Å². The van der Waals surface area contributed by atoms with Crippen LogP contribution in [0.2, 0.25) is 5.02 Å². The number of aliphatic hydroxyl groups excluding tert-OH is 1. The molecule has 1 fully saturated rings. The van der Waals surface area contributed by atoms with Crippen LogP contribution in [-0.4, -0.2) is 11.7 Å². The lowest BCUT2D eigenvalue weighted by Crippen LogP contribution is -2.15. The normalized spacial score (nSPS) is 18.3. The number of halogens is 3. The van der Waals surface area contributed by atoms with Crippen LogP contribution in [0.15, 0.2) is 16.6 Å². The van der Waals surface area contributed by atoms with E-state index in [9.17, 15) is 9.50 Å². The first-order valence-electron chi connectivity index (χ1n) is 4.35. The molecule has 0 atom stereocenters. The van der Waals surface area contributed by atoms with Gasteiger partial charge >= 0.3 is 0 Å². The van der Waals surface area contributed by atoms with Crippen LogP contribution >= 0.6 is 27.5 Å². The molecular formula is C10H9BrClFO. The van der Waals surface area contributed by atoms with Crippen molar-refractivity contribution >= 4 is 27.5 Å². The molecule has 0 heterocycles. The summed E-state index contributed by atoms with van der Waals surface area (Å²) in [5.74, 6) is -0.410. The van der Waals surface area contributed by atoms with Crippen molar-refractivity contribution in [1.82, 2.24) is 0 Å². The number of rotatable bonds is 2. The molecule has 1 saturated carbocycles. The van der Waals surface area contributed by atoms with Gasteiger partial charge in [0.1, 0.15) is 5.82 Å². The molecule has 1 aromatic carbocycles. The Hall–Kier alpha value is -0.120. The van der Waals surface area contributed by atoms with E-state index in [1.807, 2.05) is 0 Å². The number of hydrogen-bond acceptors (Lipinski definition) is 1. The molecular weight excluding hydrogens is 270 g/mol. The van der Waals surface area contributed by atoms with Crippen molar-refractivity contribution in [2.45, 2.75) is 18.3 Å². The van der Waals surface area contributed by atoms with Crippen LogP contribution < -0.4 is 0 Å². The zero-order chi connectivity index (χ0) is 10.3. The number of aliphatic hydroxyl groups is 1. The van der Waals surface area contributed by atoms with Gasteiger partial charge in [-0.05, 0) is 25.0 Å². The highest BCUT2D eigenvalue weighted by atomic mass is 79.9. The third-order valence-corrected chi connectivity index (χ3v) is 3.68. The summed E-state index contributed by atoms with van der Waals surface area (Å²) in [5, 5.41) is 9.33. The highest BCUT2D eigenvalue weighted by Crippen LogP contribution is 2.51. The van der Waals surface area contributed by atoms with E-state index in [1.165, 1.54) is 6.07 Å². The highest BCUT2D eigenvalue weighted by molar-refractivity contribution is 9.10. The Morgan fingerprint density at radius 2 is 2.14 bits per heavy atom. The lowest BCUT2D eigenvalue weighted by molar-refractivity contribution is 0.251. The van der Waals surface area contributed by atoms with Crippen molar-refractivity contribution in [2.24, 2.45) is 0 Å². The summed E-state index contributed by atoms with van der Waals surface area (Å²) in [7, 11) is 0. The first-order chi connectivity index (χ1) is 6.60. The molecule has 0 amide bonds. The van der Waals surface area contributed by atoms with Crippen molar-refractivity contribution in [2.75, 3.05) is 6.61 Å². The van der Waals surface area contributed by atoms with Crippen molar-refractivity contribution in [1.29, 1.82) is 0 Å². The van der Waals surface area contributed by atoms with Crippen molar-refractivity contribution in [3.63, 3.8) is 0 Å². The minimum atomic E-state index is -0.410. The third kappa shape index (κ3) is 1.47. The largest absolute Gasteiger partial charge is 0.395 e. The molecule has 1 N–H and O–H groups in total. The van der Waals surface area contributed by atoms with Crippen LogP contribution in [0.3, 0.4) is 0 Å². The second kappa shape index (κ2) is 3.47.